The summed E-state index contributed by atoms with van der Waals surface area (Å²) in [6.45, 7) is 0.876. The molecule has 148 valence electrons. The lowest BCUT2D eigenvalue weighted by atomic mass is 9.93. The van der Waals surface area contributed by atoms with Crippen molar-refractivity contribution in [2.45, 2.75) is 50.3 Å². The molecule has 1 amide bonds. The number of carbonyl (C=O) groups is 1. The maximum Gasteiger partial charge on any atom is 0.223 e. The van der Waals surface area contributed by atoms with Crippen molar-refractivity contribution in [3.05, 3.63) is 34.3 Å². The number of halogens is 1. The topological polar surface area (TPSA) is 66.5 Å². The van der Waals surface area contributed by atoms with Gasteiger partial charge in [-0.05, 0) is 61.6 Å². The van der Waals surface area contributed by atoms with Gasteiger partial charge in [0.15, 0.2) is 0 Å². The summed E-state index contributed by atoms with van der Waals surface area (Å²) >= 11 is 3.37. The van der Waals surface area contributed by atoms with Crippen LogP contribution in [0.25, 0.3) is 0 Å². The monoisotopic (exact) mass is 454 g/mol. The highest BCUT2D eigenvalue weighted by molar-refractivity contribution is 9.10. The number of benzene rings is 1. The van der Waals surface area contributed by atoms with Crippen LogP contribution in [0.1, 0.15) is 44.1 Å². The highest BCUT2D eigenvalue weighted by atomic mass is 79.9. The van der Waals surface area contributed by atoms with Crippen LogP contribution in [0, 0.1) is 17.8 Å². The van der Waals surface area contributed by atoms with Crippen molar-refractivity contribution in [1.29, 1.82) is 0 Å². The summed E-state index contributed by atoms with van der Waals surface area (Å²) in [5, 5.41) is 3.27. The summed E-state index contributed by atoms with van der Waals surface area (Å²) in [6.07, 6.45) is 6.22. The van der Waals surface area contributed by atoms with E-state index < -0.39 is 10.0 Å². The molecule has 0 unspecified atom stereocenters. The third kappa shape index (κ3) is 4.40. The Bertz CT molecular complexity index is 788. The van der Waals surface area contributed by atoms with Crippen LogP contribution in [0.3, 0.4) is 0 Å². The van der Waals surface area contributed by atoms with Crippen LogP contribution in [0.2, 0.25) is 0 Å². The Balaban J connectivity index is 1.29. The van der Waals surface area contributed by atoms with Gasteiger partial charge in [-0.1, -0.05) is 34.5 Å². The van der Waals surface area contributed by atoms with E-state index in [0.29, 0.717) is 37.9 Å². The molecule has 2 bridgehead atoms. The molecule has 1 saturated heterocycles. The van der Waals surface area contributed by atoms with E-state index in [1.165, 1.54) is 19.3 Å². The Kier molecular flexibility index (Phi) is 5.63. The van der Waals surface area contributed by atoms with E-state index in [2.05, 4.69) is 21.2 Å². The molecule has 3 aliphatic rings. The first-order chi connectivity index (χ1) is 12.9. The van der Waals surface area contributed by atoms with Crippen molar-refractivity contribution in [1.82, 2.24) is 9.62 Å². The number of hydrogen-bond donors (Lipinski definition) is 1. The van der Waals surface area contributed by atoms with Gasteiger partial charge in [0, 0.05) is 29.5 Å². The van der Waals surface area contributed by atoms with Crippen molar-refractivity contribution >= 4 is 31.9 Å². The molecule has 27 heavy (non-hydrogen) atoms. The summed E-state index contributed by atoms with van der Waals surface area (Å²) in [5.41, 5.74) is 0.786. The molecule has 1 aliphatic heterocycles. The average molecular weight is 455 g/mol. The number of nitrogens with one attached hydrogen (secondary N) is 1. The zero-order valence-corrected chi connectivity index (χ0v) is 17.8. The van der Waals surface area contributed by atoms with Crippen molar-refractivity contribution in [3.8, 4) is 0 Å². The number of amides is 1. The fraction of sp³-hybridized carbons (Fsp3) is 0.650. The molecule has 2 saturated carbocycles. The Morgan fingerprint density at radius 3 is 2.37 bits per heavy atom. The first kappa shape index (κ1) is 19.4. The number of carbonyl (C=O) groups excluding carboxylic acids is 1. The number of nitrogens with zero attached hydrogens (tertiary/aromatic N) is 1. The van der Waals surface area contributed by atoms with Gasteiger partial charge in [-0.3, -0.25) is 4.79 Å². The van der Waals surface area contributed by atoms with Crippen molar-refractivity contribution in [2.75, 3.05) is 13.1 Å². The summed E-state index contributed by atoms with van der Waals surface area (Å²) in [6, 6.07) is 7.73. The molecule has 5 nitrogen and oxygen atoms in total. The van der Waals surface area contributed by atoms with Gasteiger partial charge in [0.2, 0.25) is 15.9 Å². The second-order valence-corrected chi connectivity index (χ2v) is 11.2. The van der Waals surface area contributed by atoms with Crippen molar-refractivity contribution in [3.63, 3.8) is 0 Å². The molecular formula is C20H27BrN2O3S. The van der Waals surface area contributed by atoms with E-state index in [0.717, 1.165) is 22.4 Å². The van der Waals surface area contributed by atoms with Crippen LogP contribution in [0.15, 0.2) is 28.7 Å². The number of piperidine rings is 1. The van der Waals surface area contributed by atoms with E-state index in [1.807, 2.05) is 24.3 Å². The molecule has 1 N–H and O–H groups in total. The summed E-state index contributed by atoms with van der Waals surface area (Å²) in [5.74, 6) is 1.58. The Morgan fingerprint density at radius 1 is 1.07 bits per heavy atom. The van der Waals surface area contributed by atoms with Crippen LogP contribution in [-0.4, -0.2) is 37.8 Å². The lowest BCUT2D eigenvalue weighted by molar-refractivity contribution is -0.127. The summed E-state index contributed by atoms with van der Waals surface area (Å²) in [4.78, 5) is 12.6. The molecule has 1 aromatic rings. The second kappa shape index (κ2) is 7.84. The number of rotatable bonds is 5. The normalized spacial score (nSPS) is 29.1. The molecule has 3 fully saturated rings. The molecule has 1 aromatic carbocycles. The Hall–Kier alpha value is -0.920. The van der Waals surface area contributed by atoms with E-state index in [1.54, 1.807) is 4.31 Å². The second-order valence-electron chi connectivity index (χ2n) is 8.35. The maximum absolute atomic E-state index is 12.7. The van der Waals surface area contributed by atoms with Gasteiger partial charge in [-0.2, -0.15) is 0 Å². The van der Waals surface area contributed by atoms with E-state index in [4.69, 9.17) is 0 Å². The van der Waals surface area contributed by atoms with Crippen LogP contribution in [0.4, 0.5) is 0 Å². The van der Waals surface area contributed by atoms with Gasteiger partial charge in [0.05, 0.1) is 5.75 Å². The zero-order chi connectivity index (χ0) is 19.0. The number of hydrogen-bond acceptors (Lipinski definition) is 3. The zero-order valence-electron chi connectivity index (χ0n) is 15.4. The predicted octanol–water partition coefficient (Wildman–Crippen LogP) is 3.30. The van der Waals surface area contributed by atoms with Crippen LogP contribution >= 0.6 is 15.9 Å². The third-order valence-electron chi connectivity index (χ3n) is 6.55. The van der Waals surface area contributed by atoms with Gasteiger partial charge in [-0.15, -0.1) is 0 Å². The Morgan fingerprint density at radius 2 is 1.78 bits per heavy atom. The molecular weight excluding hydrogens is 428 g/mol. The highest BCUT2D eigenvalue weighted by Gasteiger charge is 2.41. The van der Waals surface area contributed by atoms with Gasteiger partial charge >= 0.3 is 0 Å². The maximum atomic E-state index is 12.7. The highest BCUT2D eigenvalue weighted by Crippen LogP contribution is 2.44. The minimum Gasteiger partial charge on any atom is -0.353 e. The first-order valence-electron chi connectivity index (χ1n) is 9.93. The van der Waals surface area contributed by atoms with Gasteiger partial charge in [0.25, 0.3) is 0 Å². The Labute approximate surface area is 170 Å². The smallest absolute Gasteiger partial charge is 0.223 e. The van der Waals surface area contributed by atoms with Crippen molar-refractivity contribution in [2.24, 2.45) is 17.8 Å². The van der Waals surface area contributed by atoms with Crippen LogP contribution in [-0.2, 0) is 20.6 Å². The van der Waals surface area contributed by atoms with E-state index >= 15 is 0 Å². The standard InChI is InChI=1S/C20H27BrN2O3S/c21-18-5-2-14(3-6-18)13-27(25,26)23-9-7-16(8-10-23)20(24)22-19-12-15-1-4-17(19)11-15/h2-3,5-6,15-17,19H,1,4,7-13H2,(H,22,24)/t15-,17-,19-/m1/s1. The molecule has 0 aromatic heterocycles. The molecule has 0 spiro atoms. The summed E-state index contributed by atoms with van der Waals surface area (Å²) < 4.78 is 27.9. The average Bonchev–Trinajstić information content (AvgIpc) is 3.27. The lowest BCUT2D eigenvalue weighted by Crippen LogP contribution is -2.46. The van der Waals surface area contributed by atoms with Crippen LogP contribution in [0.5, 0.6) is 0 Å². The number of sulfonamides is 1. The van der Waals surface area contributed by atoms with Crippen LogP contribution < -0.4 is 5.32 Å². The minimum atomic E-state index is -3.34. The van der Waals surface area contributed by atoms with Gasteiger partial charge in [-0.25, -0.2) is 12.7 Å². The molecule has 7 heteroatoms. The van der Waals surface area contributed by atoms with Gasteiger partial charge < -0.3 is 5.32 Å². The quantitative estimate of drug-likeness (QED) is 0.741. The first-order valence-corrected chi connectivity index (χ1v) is 12.3. The minimum absolute atomic E-state index is 0.0162. The molecule has 2 aliphatic carbocycles. The van der Waals surface area contributed by atoms with E-state index in [9.17, 15) is 13.2 Å². The predicted molar refractivity (Wildman–Crippen MR) is 108 cm³/mol. The fourth-order valence-electron chi connectivity index (χ4n) is 5.00. The van der Waals surface area contributed by atoms with Gasteiger partial charge in [0.1, 0.15) is 0 Å². The molecule has 4 rings (SSSR count). The largest absolute Gasteiger partial charge is 0.353 e. The SMILES string of the molecule is O=C(N[C@@H]1C[C@@H]2CC[C@@H]1C2)C1CCN(S(=O)(=O)Cc2ccc(Br)cc2)CC1. The summed E-state index contributed by atoms with van der Waals surface area (Å²) in [7, 11) is -3.34. The molecule has 1 heterocycles. The fourth-order valence-corrected chi connectivity index (χ4v) is 6.83. The molecule has 3 atom stereocenters. The molecule has 0 radical (unpaired) electrons. The van der Waals surface area contributed by atoms with E-state index in [-0.39, 0.29) is 17.6 Å². The third-order valence-corrected chi connectivity index (χ3v) is 8.92. The lowest BCUT2D eigenvalue weighted by Gasteiger charge is -2.32. The number of fused-ring (bicyclic) bond motifs is 2. The van der Waals surface area contributed by atoms with Crippen molar-refractivity contribution < 1.29 is 13.2 Å².